The van der Waals surface area contributed by atoms with E-state index in [2.05, 4.69) is 0 Å². The lowest BCUT2D eigenvalue weighted by Crippen LogP contribution is -2.04. The van der Waals surface area contributed by atoms with Gasteiger partial charge in [-0.3, -0.25) is 5.41 Å². The highest BCUT2D eigenvalue weighted by Gasteiger charge is 2.05. The van der Waals surface area contributed by atoms with Crippen LogP contribution in [0.4, 0.5) is 0 Å². The van der Waals surface area contributed by atoms with Crippen LogP contribution in [-0.2, 0) is 0 Å². The van der Waals surface area contributed by atoms with Gasteiger partial charge in [0.1, 0.15) is 6.07 Å². The fraction of sp³-hybridized carbons (Fsp3) is 0. The minimum absolute atomic E-state index is 0.179. The molecule has 0 radical (unpaired) electrons. The molecule has 1 rings (SSSR count). The Labute approximate surface area is 58.3 Å². The van der Waals surface area contributed by atoms with Crippen LogP contribution in [0.3, 0.4) is 0 Å². The normalized spacial score (nSPS) is 16.5. The summed E-state index contributed by atoms with van der Waals surface area (Å²) in [4.78, 5) is 0. The first kappa shape index (κ1) is 6.43. The number of hydrogen-bond acceptors (Lipinski definition) is 3. The molecule has 0 atom stereocenters. The number of rotatable bonds is 0. The molecule has 0 unspecified atom stereocenters. The number of nitrogens with one attached hydrogen (secondary N) is 2. The van der Waals surface area contributed by atoms with Crippen molar-refractivity contribution in [2.75, 3.05) is 0 Å². The van der Waals surface area contributed by atoms with Gasteiger partial charge in [-0.15, -0.1) is 0 Å². The number of nitriles is 1. The van der Waals surface area contributed by atoms with E-state index in [1.807, 2.05) is 6.07 Å². The molecule has 48 valence electrons. The van der Waals surface area contributed by atoms with Gasteiger partial charge in [-0.05, 0) is 18.2 Å². The Bertz CT molecular complexity index is 288. The molecule has 0 saturated carbocycles. The third-order valence-electron chi connectivity index (χ3n) is 1.14. The Hall–Kier alpha value is -1.69. The van der Waals surface area contributed by atoms with Crippen LogP contribution in [0.15, 0.2) is 23.8 Å². The van der Waals surface area contributed by atoms with E-state index in [-0.39, 0.29) is 17.0 Å². The molecule has 0 aliphatic heterocycles. The summed E-state index contributed by atoms with van der Waals surface area (Å²) in [7, 11) is 0. The van der Waals surface area contributed by atoms with E-state index in [0.29, 0.717) is 0 Å². The number of nitrogens with zero attached hydrogens (tertiary/aromatic N) is 1. The highest BCUT2D eigenvalue weighted by Crippen LogP contribution is 2.03. The Balaban J connectivity index is 3.03. The minimum atomic E-state index is 0.179. The lowest BCUT2D eigenvalue weighted by molar-refractivity contribution is 1.45. The lowest BCUT2D eigenvalue weighted by Gasteiger charge is -1.99. The maximum Gasteiger partial charge on any atom is 0.101 e. The molecule has 0 spiro atoms. The summed E-state index contributed by atoms with van der Waals surface area (Å²) < 4.78 is 0. The fourth-order valence-corrected chi connectivity index (χ4v) is 0.637. The van der Waals surface area contributed by atoms with Crippen molar-refractivity contribution in [3.63, 3.8) is 0 Å². The van der Waals surface area contributed by atoms with Crippen LogP contribution in [0.5, 0.6) is 0 Å². The van der Waals surface area contributed by atoms with E-state index < -0.39 is 0 Å². The minimum Gasteiger partial charge on any atom is -0.301 e. The van der Waals surface area contributed by atoms with E-state index in [0.717, 1.165) is 0 Å². The second-order valence-electron chi connectivity index (χ2n) is 1.87. The van der Waals surface area contributed by atoms with Crippen LogP contribution >= 0.6 is 0 Å². The van der Waals surface area contributed by atoms with Crippen LogP contribution in [0.2, 0.25) is 0 Å². The van der Waals surface area contributed by atoms with Gasteiger partial charge in [0.25, 0.3) is 0 Å². The van der Waals surface area contributed by atoms with Gasteiger partial charge in [0.05, 0.1) is 17.0 Å². The summed E-state index contributed by atoms with van der Waals surface area (Å²) in [5.41, 5.74) is 0.707. The zero-order chi connectivity index (χ0) is 7.56. The molecule has 0 aromatic rings. The average molecular weight is 131 g/mol. The van der Waals surface area contributed by atoms with Gasteiger partial charge in [-0.2, -0.15) is 5.26 Å². The van der Waals surface area contributed by atoms with Crippen molar-refractivity contribution in [3.05, 3.63) is 23.8 Å². The first-order valence-corrected chi connectivity index (χ1v) is 2.71. The molecule has 10 heavy (non-hydrogen) atoms. The highest BCUT2D eigenvalue weighted by atomic mass is 14.5. The third-order valence-corrected chi connectivity index (χ3v) is 1.14. The van der Waals surface area contributed by atoms with Gasteiger partial charge in [0.15, 0.2) is 0 Å². The highest BCUT2D eigenvalue weighted by molar-refractivity contribution is 6.21. The van der Waals surface area contributed by atoms with Gasteiger partial charge in [-0.25, -0.2) is 0 Å². The van der Waals surface area contributed by atoms with Crippen LogP contribution < -0.4 is 0 Å². The van der Waals surface area contributed by atoms with Crippen LogP contribution in [-0.4, -0.2) is 11.4 Å². The first-order chi connectivity index (χ1) is 4.74. The van der Waals surface area contributed by atoms with Crippen molar-refractivity contribution < 1.29 is 0 Å². The number of hydrogen-bond donors (Lipinski definition) is 2. The smallest absolute Gasteiger partial charge is 0.101 e. The molecule has 3 nitrogen and oxygen atoms in total. The molecule has 1 aliphatic rings. The summed E-state index contributed by atoms with van der Waals surface area (Å²) in [5, 5.41) is 22.7. The molecular weight excluding hydrogens is 126 g/mol. The Morgan fingerprint density at radius 1 is 1.30 bits per heavy atom. The maximum atomic E-state index is 8.39. The van der Waals surface area contributed by atoms with E-state index in [1.54, 1.807) is 0 Å². The van der Waals surface area contributed by atoms with Crippen LogP contribution in [0.1, 0.15) is 0 Å². The number of allylic oxidation sites excluding steroid dienone is 4. The SMILES string of the molecule is N#CC1=CC(=N)C=CC1=N. The van der Waals surface area contributed by atoms with Crippen molar-refractivity contribution in [2.24, 2.45) is 0 Å². The van der Waals surface area contributed by atoms with Crippen LogP contribution in [0.25, 0.3) is 0 Å². The van der Waals surface area contributed by atoms with Crippen molar-refractivity contribution in [1.82, 2.24) is 0 Å². The van der Waals surface area contributed by atoms with Crippen molar-refractivity contribution in [2.45, 2.75) is 0 Å². The zero-order valence-electron chi connectivity index (χ0n) is 5.18. The fourth-order valence-electron chi connectivity index (χ4n) is 0.637. The molecular formula is C7H5N3. The average Bonchev–Trinajstić information content (AvgIpc) is 1.94. The Kier molecular flexibility index (Phi) is 1.46. The molecule has 0 heterocycles. The predicted octanol–water partition coefficient (Wildman–Crippen LogP) is 1.05. The van der Waals surface area contributed by atoms with Crippen LogP contribution in [0, 0.1) is 22.1 Å². The molecule has 0 aromatic carbocycles. The van der Waals surface area contributed by atoms with Gasteiger partial charge < -0.3 is 5.41 Å². The second-order valence-corrected chi connectivity index (χ2v) is 1.87. The summed E-state index contributed by atoms with van der Waals surface area (Å²) in [6.07, 6.45) is 4.31. The van der Waals surface area contributed by atoms with Crippen molar-refractivity contribution in [3.8, 4) is 6.07 Å². The Morgan fingerprint density at radius 2 is 2.00 bits per heavy atom. The van der Waals surface area contributed by atoms with Crippen molar-refractivity contribution in [1.29, 1.82) is 16.1 Å². The summed E-state index contributed by atoms with van der Waals surface area (Å²) >= 11 is 0. The Morgan fingerprint density at radius 3 is 2.50 bits per heavy atom. The predicted molar refractivity (Wildman–Crippen MR) is 38.3 cm³/mol. The molecule has 0 amide bonds. The van der Waals surface area contributed by atoms with Gasteiger partial charge in [0.2, 0.25) is 0 Å². The molecule has 2 N–H and O–H groups in total. The van der Waals surface area contributed by atoms with Gasteiger partial charge >= 0.3 is 0 Å². The molecule has 0 saturated heterocycles. The molecule has 0 fully saturated rings. The summed E-state index contributed by atoms with van der Waals surface area (Å²) in [6.45, 7) is 0. The maximum absolute atomic E-state index is 8.39. The second kappa shape index (κ2) is 2.28. The van der Waals surface area contributed by atoms with Gasteiger partial charge in [-0.1, -0.05) is 0 Å². The topological polar surface area (TPSA) is 71.5 Å². The first-order valence-electron chi connectivity index (χ1n) is 2.71. The quantitative estimate of drug-likeness (QED) is 0.474. The monoisotopic (exact) mass is 131 g/mol. The van der Waals surface area contributed by atoms with Crippen molar-refractivity contribution >= 4 is 11.4 Å². The van der Waals surface area contributed by atoms with Gasteiger partial charge in [0, 0.05) is 0 Å². The van der Waals surface area contributed by atoms with E-state index >= 15 is 0 Å². The largest absolute Gasteiger partial charge is 0.301 e. The summed E-state index contributed by atoms with van der Waals surface area (Å²) in [5.74, 6) is 0. The molecule has 0 bridgehead atoms. The van der Waals surface area contributed by atoms with E-state index in [1.165, 1.54) is 18.2 Å². The van der Waals surface area contributed by atoms with E-state index in [4.69, 9.17) is 16.1 Å². The molecule has 3 heteroatoms. The standard InChI is InChI=1S/C7H5N3/c8-4-5-3-6(9)1-2-7(5)10/h1-3,9-10H. The molecule has 0 aromatic heterocycles. The zero-order valence-corrected chi connectivity index (χ0v) is 5.18. The van der Waals surface area contributed by atoms with E-state index in [9.17, 15) is 0 Å². The third kappa shape index (κ3) is 1.00. The lowest BCUT2D eigenvalue weighted by atomic mass is 10.0. The molecule has 1 aliphatic carbocycles. The summed E-state index contributed by atoms with van der Waals surface area (Å²) in [6, 6.07) is 1.83.